The van der Waals surface area contributed by atoms with E-state index in [9.17, 15) is 9.59 Å². The fourth-order valence-electron chi connectivity index (χ4n) is 6.81. The molecule has 0 spiro atoms. The van der Waals surface area contributed by atoms with E-state index in [1.165, 1.54) is 0 Å². The van der Waals surface area contributed by atoms with Crippen molar-refractivity contribution in [2.24, 2.45) is 11.8 Å². The van der Waals surface area contributed by atoms with E-state index in [0.29, 0.717) is 25.7 Å². The summed E-state index contributed by atoms with van der Waals surface area (Å²) in [5, 5.41) is 0. The Balaban J connectivity index is 1.49. The number of nitrogens with zero attached hydrogens (tertiary/aromatic N) is 2. The molecule has 1 saturated carbocycles. The molecular formula is C28H50N2O4. The van der Waals surface area contributed by atoms with Crippen molar-refractivity contribution in [3.8, 4) is 0 Å². The highest BCUT2D eigenvalue weighted by molar-refractivity contribution is 5.75. The predicted octanol–water partition coefficient (Wildman–Crippen LogP) is 5.18. The molecule has 196 valence electrons. The molecule has 0 bridgehead atoms. The third kappa shape index (κ3) is 5.80. The quantitative estimate of drug-likeness (QED) is 0.519. The number of hydrogen-bond donors (Lipinski definition) is 0. The maximum atomic E-state index is 13.0. The van der Waals surface area contributed by atoms with Crippen molar-refractivity contribution < 1.29 is 19.1 Å². The molecule has 2 aliphatic heterocycles. The zero-order valence-corrected chi connectivity index (χ0v) is 23.5. The first-order chi connectivity index (χ1) is 15.4. The van der Waals surface area contributed by atoms with Crippen LogP contribution in [0.2, 0.25) is 0 Å². The second-order valence-corrected chi connectivity index (χ2v) is 13.9. The molecule has 2 saturated heterocycles. The average molecular weight is 479 g/mol. The van der Waals surface area contributed by atoms with Gasteiger partial charge in [-0.25, -0.2) is 0 Å². The van der Waals surface area contributed by atoms with E-state index in [1.54, 1.807) is 0 Å². The average Bonchev–Trinajstić information content (AvgIpc) is 2.69. The van der Waals surface area contributed by atoms with Crippen LogP contribution >= 0.6 is 0 Å². The lowest BCUT2D eigenvalue weighted by Gasteiger charge is -2.53. The van der Waals surface area contributed by atoms with Crippen LogP contribution in [0.1, 0.15) is 107 Å². The lowest BCUT2D eigenvalue weighted by molar-refractivity contribution is -0.170. The molecule has 1 aliphatic carbocycles. The fourth-order valence-corrected chi connectivity index (χ4v) is 6.81. The molecule has 3 fully saturated rings. The summed E-state index contributed by atoms with van der Waals surface area (Å²) < 4.78 is 12.1. The van der Waals surface area contributed by atoms with Crippen molar-refractivity contribution in [3.05, 3.63) is 0 Å². The van der Waals surface area contributed by atoms with Crippen LogP contribution < -0.4 is 0 Å². The van der Waals surface area contributed by atoms with Crippen LogP contribution in [0.15, 0.2) is 0 Å². The molecule has 34 heavy (non-hydrogen) atoms. The Labute approximate surface area is 208 Å². The van der Waals surface area contributed by atoms with Gasteiger partial charge in [0.1, 0.15) is 12.2 Å². The van der Waals surface area contributed by atoms with Crippen molar-refractivity contribution in [1.82, 2.24) is 9.80 Å². The molecule has 0 aromatic heterocycles. The van der Waals surface area contributed by atoms with Crippen molar-refractivity contribution >= 4 is 11.9 Å². The first-order valence-corrected chi connectivity index (χ1v) is 13.3. The first-order valence-electron chi connectivity index (χ1n) is 13.3. The lowest BCUT2D eigenvalue weighted by atomic mass is 9.78. The Morgan fingerprint density at radius 1 is 0.559 bits per heavy atom. The van der Waals surface area contributed by atoms with Crippen molar-refractivity contribution in [2.45, 2.75) is 141 Å². The monoisotopic (exact) mass is 478 g/mol. The van der Waals surface area contributed by atoms with Gasteiger partial charge in [-0.15, -0.1) is 0 Å². The Hall–Kier alpha value is -1.14. The molecule has 6 heteroatoms. The highest BCUT2D eigenvalue weighted by atomic mass is 16.5. The highest BCUT2D eigenvalue weighted by Gasteiger charge is 2.46. The van der Waals surface area contributed by atoms with Gasteiger partial charge in [0.2, 0.25) is 0 Å². The molecule has 0 amide bonds. The SMILES string of the molecule is CN1C(C)(C)CC(OC(=O)C2CCC(C(=O)OC3CC(C)(C)N(C)C(C)(C)C3)CC2)CC1(C)C. The molecule has 0 aromatic carbocycles. The second-order valence-electron chi connectivity index (χ2n) is 13.9. The van der Waals surface area contributed by atoms with Gasteiger partial charge in [-0.3, -0.25) is 19.4 Å². The maximum absolute atomic E-state index is 13.0. The van der Waals surface area contributed by atoms with Crippen molar-refractivity contribution in [3.63, 3.8) is 0 Å². The second kappa shape index (κ2) is 9.38. The summed E-state index contributed by atoms with van der Waals surface area (Å²) in [5.74, 6) is -0.356. The van der Waals surface area contributed by atoms with E-state index in [4.69, 9.17) is 9.47 Å². The minimum atomic E-state index is -0.101. The van der Waals surface area contributed by atoms with Gasteiger partial charge >= 0.3 is 11.9 Å². The largest absolute Gasteiger partial charge is 0.462 e. The van der Waals surface area contributed by atoms with Gasteiger partial charge in [0.15, 0.2) is 0 Å². The van der Waals surface area contributed by atoms with Crippen LogP contribution in [0.4, 0.5) is 0 Å². The molecule has 6 nitrogen and oxygen atoms in total. The van der Waals surface area contributed by atoms with Crippen LogP contribution in [0.3, 0.4) is 0 Å². The summed E-state index contributed by atoms with van der Waals surface area (Å²) in [7, 11) is 4.32. The minimum absolute atomic E-state index is 0.00876. The summed E-state index contributed by atoms with van der Waals surface area (Å²) in [6, 6.07) is 0. The van der Waals surface area contributed by atoms with Crippen molar-refractivity contribution in [1.29, 1.82) is 0 Å². The summed E-state index contributed by atoms with van der Waals surface area (Å²) in [6.45, 7) is 17.8. The first kappa shape index (κ1) is 27.4. The number of carbonyl (C=O) groups is 2. The van der Waals surface area contributed by atoms with Gasteiger partial charge in [0, 0.05) is 47.8 Å². The highest BCUT2D eigenvalue weighted by Crippen LogP contribution is 2.41. The smallest absolute Gasteiger partial charge is 0.309 e. The molecule has 3 rings (SSSR count). The third-order valence-electron chi connectivity index (χ3n) is 9.50. The molecule has 0 atom stereocenters. The Morgan fingerprint density at radius 3 is 1.03 bits per heavy atom. The Bertz CT molecular complexity index is 664. The number of carbonyl (C=O) groups excluding carboxylic acids is 2. The van der Waals surface area contributed by atoms with Crippen LogP contribution in [-0.2, 0) is 19.1 Å². The van der Waals surface area contributed by atoms with Gasteiger partial charge in [-0.2, -0.15) is 0 Å². The number of rotatable bonds is 4. The van der Waals surface area contributed by atoms with Crippen LogP contribution in [-0.4, -0.2) is 70.2 Å². The number of esters is 2. The van der Waals surface area contributed by atoms with Crippen molar-refractivity contribution in [2.75, 3.05) is 14.1 Å². The van der Waals surface area contributed by atoms with Gasteiger partial charge in [-0.1, -0.05) is 0 Å². The summed E-state index contributed by atoms with van der Waals surface area (Å²) in [6.07, 6.45) is 6.15. The van der Waals surface area contributed by atoms with Crippen LogP contribution in [0.25, 0.3) is 0 Å². The van der Waals surface area contributed by atoms with Crippen LogP contribution in [0, 0.1) is 11.8 Å². The number of piperidine rings is 2. The molecule has 0 aromatic rings. The molecule has 3 aliphatic rings. The zero-order valence-electron chi connectivity index (χ0n) is 23.5. The molecule has 0 radical (unpaired) electrons. The zero-order chi connectivity index (χ0) is 25.7. The minimum Gasteiger partial charge on any atom is -0.462 e. The van der Waals surface area contributed by atoms with Gasteiger partial charge < -0.3 is 9.47 Å². The van der Waals surface area contributed by atoms with E-state index in [-0.39, 0.29) is 58.1 Å². The molecule has 0 unspecified atom stereocenters. The molecule has 0 N–H and O–H groups in total. The predicted molar refractivity (Wildman–Crippen MR) is 136 cm³/mol. The normalized spacial score (nSPS) is 32.2. The number of likely N-dealkylation sites (tertiary alicyclic amines) is 2. The Morgan fingerprint density at radius 2 is 0.794 bits per heavy atom. The summed E-state index contributed by atoms with van der Waals surface area (Å²) in [4.78, 5) is 30.8. The molecule has 2 heterocycles. The Kier molecular flexibility index (Phi) is 7.58. The lowest BCUT2D eigenvalue weighted by Crippen LogP contribution is -2.60. The van der Waals surface area contributed by atoms with E-state index in [0.717, 1.165) is 25.7 Å². The maximum Gasteiger partial charge on any atom is 0.309 e. The van der Waals surface area contributed by atoms with E-state index in [2.05, 4.69) is 79.3 Å². The number of ether oxygens (including phenoxy) is 2. The standard InChI is InChI=1S/C28H50N2O4/c1-25(2)15-21(16-26(3,4)29(25)9)33-23(31)19-11-13-20(14-12-19)24(32)34-22-17-27(5,6)30(10)28(7,8)18-22/h19-22H,11-18H2,1-10H3. The van der Waals surface area contributed by atoms with E-state index >= 15 is 0 Å². The topological polar surface area (TPSA) is 59.1 Å². The summed E-state index contributed by atoms with van der Waals surface area (Å²) >= 11 is 0. The van der Waals surface area contributed by atoms with Gasteiger partial charge in [0.25, 0.3) is 0 Å². The number of hydrogen-bond acceptors (Lipinski definition) is 6. The third-order valence-corrected chi connectivity index (χ3v) is 9.50. The van der Waals surface area contributed by atoms with Gasteiger partial charge in [0.05, 0.1) is 11.8 Å². The fraction of sp³-hybridized carbons (Fsp3) is 0.929. The van der Waals surface area contributed by atoms with Gasteiger partial charge in [-0.05, 0) is 95.2 Å². The van der Waals surface area contributed by atoms with E-state index in [1.807, 2.05) is 0 Å². The van der Waals surface area contributed by atoms with E-state index < -0.39 is 0 Å². The summed E-state index contributed by atoms with van der Waals surface area (Å²) in [5.41, 5.74) is -0.0350. The molecular weight excluding hydrogens is 428 g/mol. The van der Waals surface area contributed by atoms with Crippen LogP contribution in [0.5, 0.6) is 0 Å².